The normalized spacial score (nSPS) is 19.8. The average molecular weight is 873 g/mol. The van der Waals surface area contributed by atoms with Crippen LogP contribution in [0.3, 0.4) is 0 Å². The minimum absolute atomic E-state index is 0.0926. The maximum Gasteiger partial charge on any atom is 0.253 e. The molecule has 63 heavy (non-hydrogen) atoms. The molecule has 2 atom stereocenters. The molecule has 3 amide bonds. The maximum atomic E-state index is 16.3. The van der Waals surface area contributed by atoms with Crippen molar-refractivity contribution < 1.29 is 37.4 Å². The number of phenols is 1. The van der Waals surface area contributed by atoms with Crippen LogP contribution in [0, 0.1) is 18.6 Å². The number of aromatic hydroxyl groups is 1. The third kappa shape index (κ3) is 10.2. The number of likely N-dealkylation sites (tertiary alicyclic amines) is 2. The zero-order valence-corrected chi connectivity index (χ0v) is 35.5. The Balaban J connectivity index is 0.905. The Bertz CT molecular complexity index is 2390. The number of benzene rings is 2. The molecule has 9 N–H and O–H groups in total. The Labute approximate surface area is 363 Å². The SMILES string of the molecule is Cc1cn(C2CCN(CC3(F)CCN(C(=O)c4ccc(C5CN(C(/C=C(\N)c6cc(F)cc(F)c6O)=C(N)N)C(C)CO5)cc4)CC3)CC2)c2ncc(NC(=O)CCNC=O)cc12. The molecule has 2 aromatic heterocycles. The average Bonchev–Trinajstić information content (AvgIpc) is 3.59. The summed E-state index contributed by atoms with van der Waals surface area (Å²) in [4.78, 5) is 46.8. The second-order valence-electron chi connectivity index (χ2n) is 16.8. The number of fused-ring (bicyclic) bond motifs is 1. The molecule has 0 saturated carbocycles. The monoisotopic (exact) mass is 872 g/mol. The van der Waals surface area contributed by atoms with Crippen LogP contribution in [0.25, 0.3) is 16.7 Å². The number of carbonyl (C=O) groups is 3. The second-order valence-corrected chi connectivity index (χ2v) is 16.8. The molecule has 3 aliphatic heterocycles. The topological polar surface area (TPSA) is 210 Å². The van der Waals surface area contributed by atoms with Crippen molar-refractivity contribution in [1.82, 2.24) is 29.6 Å². The number of nitrogens with two attached hydrogens (primary N) is 3. The quantitative estimate of drug-likeness (QED) is 0.0625. The molecule has 336 valence electrons. The number of aromatic nitrogens is 2. The number of amides is 3. The van der Waals surface area contributed by atoms with E-state index >= 15 is 4.39 Å². The van der Waals surface area contributed by atoms with Crippen molar-refractivity contribution in [3.8, 4) is 5.75 Å². The van der Waals surface area contributed by atoms with E-state index in [4.69, 9.17) is 21.9 Å². The number of ether oxygens (including phenoxy) is 1. The summed E-state index contributed by atoms with van der Waals surface area (Å²) < 4.78 is 52.7. The number of pyridine rings is 1. The first-order valence-corrected chi connectivity index (χ1v) is 21.2. The molecule has 3 aliphatic rings. The summed E-state index contributed by atoms with van der Waals surface area (Å²) in [5.41, 5.74) is 20.6. The van der Waals surface area contributed by atoms with E-state index in [-0.39, 0.29) is 79.9 Å². The number of alkyl halides is 1. The number of hydrogen-bond donors (Lipinski definition) is 6. The first kappa shape index (κ1) is 44.8. The van der Waals surface area contributed by atoms with Crippen LogP contribution in [-0.2, 0) is 14.3 Å². The Kier molecular flexibility index (Phi) is 13.5. The van der Waals surface area contributed by atoms with Crippen LogP contribution in [0.4, 0.5) is 18.9 Å². The van der Waals surface area contributed by atoms with Crippen LogP contribution >= 0.6 is 0 Å². The van der Waals surface area contributed by atoms with Crippen molar-refractivity contribution in [1.29, 1.82) is 0 Å². The largest absolute Gasteiger partial charge is 0.504 e. The van der Waals surface area contributed by atoms with Crippen molar-refractivity contribution in [3.05, 3.63) is 106 Å². The highest BCUT2D eigenvalue weighted by Crippen LogP contribution is 2.35. The van der Waals surface area contributed by atoms with Gasteiger partial charge >= 0.3 is 0 Å². The van der Waals surface area contributed by atoms with Crippen molar-refractivity contribution in [2.24, 2.45) is 17.2 Å². The van der Waals surface area contributed by atoms with Gasteiger partial charge in [-0.3, -0.25) is 14.4 Å². The van der Waals surface area contributed by atoms with Gasteiger partial charge in [0.25, 0.3) is 5.91 Å². The first-order chi connectivity index (χ1) is 30.1. The number of phenolic OH excluding ortho intramolecular Hbond substituents is 1. The Morgan fingerprint density at radius 3 is 2.44 bits per heavy atom. The summed E-state index contributed by atoms with van der Waals surface area (Å²) in [5, 5.41) is 16.5. The van der Waals surface area contributed by atoms with E-state index < -0.39 is 29.2 Å². The van der Waals surface area contributed by atoms with Crippen LogP contribution < -0.4 is 27.8 Å². The number of aryl methyl sites for hydroxylation is 1. The standard InChI is InChI=1S/C45H55F3N10O5/c1-27-22-58(43-34(27)19-32(21-53-43)54-40(60)7-12-52-26-59)33-8-13-55(14-9-33)25-45(48)10-15-56(16-11-45)44(62)30-5-3-29(4-6-30)39-23-57(28(2)24-63-39)38(42(50)51)20-37(49)35-17-31(46)18-36(47)41(35)61/h3-6,17-22,26,28,33,39,61H,7-16,23-25,49-51H2,1-2H3,(H,52,59)(H,54,60)/b37-20-. The van der Waals surface area contributed by atoms with Gasteiger partial charge in [0.15, 0.2) is 11.6 Å². The van der Waals surface area contributed by atoms with Gasteiger partial charge in [-0.1, -0.05) is 12.1 Å². The highest BCUT2D eigenvalue weighted by atomic mass is 19.1. The van der Waals surface area contributed by atoms with E-state index in [0.29, 0.717) is 49.1 Å². The number of carbonyl (C=O) groups excluding carboxylic acids is 3. The lowest BCUT2D eigenvalue weighted by molar-refractivity contribution is -0.116. The lowest BCUT2D eigenvalue weighted by atomic mass is 9.91. The van der Waals surface area contributed by atoms with E-state index in [2.05, 4.69) is 31.3 Å². The fourth-order valence-corrected chi connectivity index (χ4v) is 8.79. The van der Waals surface area contributed by atoms with Gasteiger partial charge in [0, 0.05) is 112 Å². The van der Waals surface area contributed by atoms with Gasteiger partial charge in [0.05, 0.1) is 24.2 Å². The summed E-state index contributed by atoms with van der Waals surface area (Å²) >= 11 is 0. The molecule has 2 aromatic carbocycles. The number of hydrogen-bond acceptors (Lipinski definition) is 11. The lowest BCUT2D eigenvalue weighted by Gasteiger charge is -2.41. The van der Waals surface area contributed by atoms with Crippen LogP contribution in [0.5, 0.6) is 5.75 Å². The number of anilines is 1. The molecular formula is C45H55F3N10O5. The van der Waals surface area contributed by atoms with Gasteiger partial charge in [-0.2, -0.15) is 0 Å². The second kappa shape index (κ2) is 19.0. The number of nitrogens with zero attached hydrogens (tertiary/aromatic N) is 5. The predicted octanol–water partition coefficient (Wildman–Crippen LogP) is 4.53. The number of halogens is 3. The molecule has 4 aromatic rings. The van der Waals surface area contributed by atoms with E-state index in [1.807, 2.05) is 36.9 Å². The highest BCUT2D eigenvalue weighted by molar-refractivity contribution is 5.94. The van der Waals surface area contributed by atoms with Gasteiger partial charge in [0.2, 0.25) is 12.3 Å². The summed E-state index contributed by atoms with van der Waals surface area (Å²) in [6.07, 6.45) is 7.52. The van der Waals surface area contributed by atoms with Crippen LogP contribution in [0.15, 0.2) is 72.5 Å². The third-order valence-electron chi connectivity index (χ3n) is 12.3. The van der Waals surface area contributed by atoms with E-state index in [9.17, 15) is 28.3 Å². The van der Waals surface area contributed by atoms with Gasteiger partial charge in [-0.05, 0) is 68.2 Å². The Hall–Kier alpha value is -6.27. The summed E-state index contributed by atoms with van der Waals surface area (Å²) in [6, 6.07) is 10.5. The molecule has 5 heterocycles. The smallest absolute Gasteiger partial charge is 0.253 e. The molecule has 3 saturated heterocycles. The number of nitrogens with one attached hydrogen (secondary N) is 2. The van der Waals surface area contributed by atoms with Crippen LogP contribution in [0.1, 0.15) is 78.2 Å². The number of allylic oxidation sites excluding steroid dienone is 1. The van der Waals surface area contributed by atoms with E-state index in [0.717, 1.165) is 54.2 Å². The summed E-state index contributed by atoms with van der Waals surface area (Å²) in [7, 11) is 0. The molecule has 3 fully saturated rings. The predicted molar refractivity (Wildman–Crippen MR) is 232 cm³/mol. The minimum Gasteiger partial charge on any atom is -0.504 e. The molecule has 2 unspecified atom stereocenters. The van der Waals surface area contributed by atoms with E-state index in [1.165, 1.54) is 6.08 Å². The minimum atomic E-state index is -1.41. The van der Waals surface area contributed by atoms with Crippen molar-refractivity contribution in [2.45, 2.75) is 69.8 Å². The molecule has 15 nitrogen and oxygen atoms in total. The fourth-order valence-electron chi connectivity index (χ4n) is 8.79. The van der Waals surface area contributed by atoms with Gasteiger partial charge < -0.3 is 56.9 Å². The lowest BCUT2D eigenvalue weighted by Crippen LogP contribution is -2.51. The number of rotatable bonds is 13. The van der Waals surface area contributed by atoms with Gasteiger partial charge in [-0.15, -0.1) is 0 Å². The van der Waals surface area contributed by atoms with Crippen LogP contribution in [0.2, 0.25) is 0 Å². The Morgan fingerprint density at radius 1 is 1.05 bits per heavy atom. The molecule has 0 spiro atoms. The third-order valence-corrected chi connectivity index (χ3v) is 12.3. The zero-order valence-electron chi connectivity index (χ0n) is 35.5. The summed E-state index contributed by atoms with van der Waals surface area (Å²) in [5.74, 6) is -3.35. The first-order valence-electron chi connectivity index (χ1n) is 21.2. The van der Waals surface area contributed by atoms with Crippen molar-refractivity contribution in [2.75, 3.05) is 57.7 Å². The zero-order chi connectivity index (χ0) is 45.0. The van der Waals surface area contributed by atoms with Gasteiger partial charge in [-0.25, -0.2) is 18.2 Å². The summed E-state index contributed by atoms with van der Waals surface area (Å²) in [6.45, 7) is 7.11. The maximum absolute atomic E-state index is 16.3. The number of piperidine rings is 2. The molecular weight excluding hydrogens is 818 g/mol. The van der Waals surface area contributed by atoms with Crippen molar-refractivity contribution in [3.63, 3.8) is 0 Å². The molecule has 18 heteroatoms. The van der Waals surface area contributed by atoms with Crippen LogP contribution in [-0.4, -0.2) is 112 Å². The molecule has 0 radical (unpaired) electrons. The van der Waals surface area contributed by atoms with Gasteiger partial charge in [0.1, 0.15) is 29.1 Å². The molecule has 7 rings (SSSR count). The van der Waals surface area contributed by atoms with Crippen molar-refractivity contribution >= 4 is 40.6 Å². The molecule has 0 aliphatic carbocycles. The highest BCUT2D eigenvalue weighted by Gasteiger charge is 2.39. The Morgan fingerprint density at radius 2 is 1.76 bits per heavy atom. The molecule has 0 bridgehead atoms. The fraction of sp³-hybridized carbons (Fsp3) is 0.422. The number of morpholine rings is 1. The van der Waals surface area contributed by atoms with E-state index in [1.54, 1.807) is 23.2 Å².